The monoisotopic (exact) mass is 627 g/mol. The second-order valence-corrected chi connectivity index (χ2v) is 13.4. The summed E-state index contributed by atoms with van der Waals surface area (Å²) in [5.74, 6) is 0.660. The zero-order valence-electron chi connectivity index (χ0n) is 28.0. The van der Waals surface area contributed by atoms with Gasteiger partial charge >= 0.3 is 6.01 Å². The Balaban J connectivity index is 1.59. The molecule has 3 aliphatic rings. The Labute approximate surface area is 271 Å². The highest BCUT2D eigenvalue weighted by Gasteiger charge is 2.44. The molecule has 0 bridgehead atoms. The van der Waals surface area contributed by atoms with Gasteiger partial charge in [-0.05, 0) is 107 Å². The van der Waals surface area contributed by atoms with Crippen LogP contribution in [0, 0.1) is 11.2 Å². The highest BCUT2D eigenvalue weighted by atomic mass is 19.1. The number of benzene rings is 2. The van der Waals surface area contributed by atoms with Crippen LogP contribution in [0.25, 0.3) is 28.0 Å². The smallest absolute Gasteiger partial charge is 0.318 e. The number of nitrogens with zero attached hydrogens (tertiary/aromatic N) is 5. The normalized spacial score (nSPS) is 19.6. The molecule has 9 heteroatoms. The Morgan fingerprint density at radius 1 is 1.17 bits per heavy atom. The lowest BCUT2D eigenvalue weighted by molar-refractivity contribution is 0.152. The van der Waals surface area contributed by atoms with E-state index in [0.29, 0.717) is 44.4 Å². The average Bonchev–Trinajstić information content (AvgIpc) is 3.82. The summed E-state index contributed by atoms with van der Waals surface area (Å²) < 4.78 is 27.5. The number of rotatable bonds is 9. The van der Waals surface area contributed by atoms with E-state index in [2.05, 4.69) is 30.0 Å². The maximum Gasteiger partial charge on any atom is 0.318 e. The Morgan fingerprint density at radius 3 is 2.67 bits per heavy atom. The zero-order valence-corrected chi connectivity index (χ0v) is 28.0. The van der Waals surface area contributed by atoms with Gasteiger partial charge in [0, 0.05) is 48.8 Å². The molecule has 1 aromatic heterocycles. The number of allylic oxidation sites excluding steroid dienone is 3. The van der Waals surface area contributed by atoms with Gasteiger partial charge in [0.1, 0.15) is 17.4 Å². The molecule has 1 N–H and O–H groups in total. The van der Waals surface area contributed by atoms with E-state index in [4.69, 9.17) is 24.4 Å². The molecule has 1 aliphatic heterocycles. The van der Waals surface area contributed by atoms with Crippen molar-refractivity contribution in [2.45, 2.75) is 59.4 Å². The number of hydrogen-bond donors (Lipinski definition) is 1. The van der Waals surface area contributed by atoms with Gasteiger partial charge in [0.25, 0.3) is 0 Å². The summed E-state index contributed by atoms with van der Waals surface area (Å²) in [5, 5.41) is 12.5. The van der Waals surface area contributed by atoms with Crippen molar-refractivity contribution in [3.05, 3.63) is 58.5 Å². The first-order chi connectivity index (χ1) is 22.1. The van der Waals surface area contributed by atoms with Gasteiger partial charge in [-0.25, -0.2) is 4.39 Å². The minimum absolute atomic E-state index is 0.0224. The number of anilines is 1. The van der Waals surface area contributed by atoms with Crippen LogP contribution in [-0.4, -0.2) is 85.3 Å². The predicted octanol–water partition coefficient (Wildman–Crippen LogP) is 6.79. The van der Waals surface area contributed by atoms with Crippen molar-refractivity contribution in [1.29, 1.82) is 0 Å². The van der Waals surface area contributed by atoms with Crippen molar-refractivity contribution in [2.75, 3.05) is 58.5 Å². The zero-order chi connectivity index (χ0) is 32.6. The minimum Gasteiger partial charge on any atom is -0.508 e. The van der Waals surface area contributed by atoms with Crippen molar-refractivity contribution < 1.29 is 19.0 Å². The van der Waals surface area contributed by atoms with Gasteiger partial charge in [-0.15, -0.1) is 0 Å². The second kappa shape index (κ2) is 13.1. The molecule has 0 amide bonds. The van der Waals surface area contributed by atoms with E-state index >= 15 is 4.39 Å². The Morgan fingerprint density at radius 2 is 1.98 bits per heavy atom. The van der Waals surface area contributed by atoms with E-state index in [-0.39, 0.29) is 23.0 Å². The van der Waals surface area contributed by atoms with Gasteiger partial charge in [0.15, 0.2) is 0 Å². The topological polar surface area (TPSA) is 83.3 Å². The van der Waals surface area contributed by atoms with Crippen LogP contribution >= 0.6 is 0 Å². The van der Waals surface area contributed by atoms with Crippen LogP contribution in [0.5, 0.6) is 11.8 Å². The molecular formula is C37H46FN5O3. The largest absolute Gasteiger partial charge is 0.508 e. The molecule has 244 valence electrons. The molecular weight excluding hydrogens is 581 g/mol. The molecule has 46 heavy (non-hydrogen) atoms. The van der Waals surface area contributed by atoms with Crippen LogP contribution in [0.2, 0.25) is 0 Å². The van der Waals surface area contributed by atoms with Crippen molar-refractivity contribution in [3.63, 3.8) is 0 Å². The molecule has 3 aromatic rings. The number of fused-ring (bicyclic) bond motifs is 2. The van der Waals surface area contributed by atoms with Crippen LogP contribution in [0.3, 0.4) is 0 Å². The third-order valence-corrected chi connectivity index (χ3v) is 9.07. The van der Waals surface area contributed by atoms with Crippen LogP contribution in [-0.2, 0) is 11.2 Å². The van der Waals surface area contributed by atoms with E-state index in [0.717, 1.165) is 82.6 Å². The standard InChI is InChI=1S/C37H46FN5O3/c1-7-26-30(38)11-10-24-18-25(44)19-28(32(24)26)29-20-31-33(27(8-2)34(29)39-23(3)4)35(43-14-9-16-45-17-15-43)41-36(40-31)46-22-37(12-13-37)21-42(5)6/h8,10-11,18-20,23,44H,7,9,12-17,21-22H2,1-6H3/b27-8-,39-34?. The number of halogens is 1. The third-order valence-electron chi connectivity index (χ3n) is 9.07. The number of hydrogen-bond acceptors (Lipinski definition) is 8. The molecule has 0 spiro atoms. The van der Waals surface area contributed by atoms with Gasteiger partial charge in [0.2, 0.25) is 0 Å². The highest BCUT2D eigenvalue weighted by Crippen LogP contribution is 2.47. The first kappa shape index (κ1) is 32.1. The Bertz CT molecular complexity index is 1720. The molecule has 2 fully saturated rings. The number of aryl methyl sites for hydroxylation is 1. The molecule has 2 heterocycles. The fourth-order valence-electron chi connectivity index (χ4n) is 6.88. The summed E-state index contributed by atoms with van der Waals surface area (Å²) in [7, 11) is 4.19. The molecule has 0 unspecified atom stereocenters. The first-order valence-corrected chi connectivity index (χ1v) is 16.6. The van der Waals surface area contributed by atoms with E-state index in [1.165, 1.54) is 6.07 Å². The van der Waals surface area contributed by atoms with Crippen molar-refractivity contribution in [3.8, 4) is 11.8 Å². The van der Waals surface area contributed by atoms with Crippen LogP contribution in [0.15, 0.2) is 35.3 Å². The predicted molar refractivity (Wildman–Crippen MR) is 184 cm³/mol. The fourth-order valence-corrected chi connectivity index (χ4v) is 6.88. The van der Waals surface area contributed by atoms with Crippen LogP contribution < -0.4 is 9.64 Å². The Hall–Kier alpha value is -3.82. The maximum atomic E-state index is 15.3. The van der Waals surface area contributed by atoms with Crippen LogP contribution in [0.1, 0.15) is 69.3 Å². The molecule has 8 nitrogen and oxygen atoms in total. The van der Waals surface area contributed by atoms with E-state index in [1.54, 1.807) is 18.2 Å². The lowest BCUT2D eigenvalue weighted by Crippen LogP contribution is -2.31. The number of aliphatic imine (C=N–C) groups is 1. The molecule has 1 saturated carbocycles. The summed E-state index contributed by atoms with van der Waals surface area (Å²) in [4.78, 5) is 19.8. The summed E-state index contributed by atoms with van der Waals surface area (Å²) in [6.45, 7) is 12.4. The second-order valence-electron chi connectivity index (χ2n) is 13.4. The van der Waals surface area contributed by atoms with Gasteiger partial charge < -0.3 is 24.4 Å². The molecule has 1 saturated heterocycles. The molecule has 6 rings (SSSR count). The summed E-state index contributed by atoms with van der Waals surface area (Å²) in [6.07, 6.45) is 7.73. The maximum absolute atomic E-state index is 15.3. The number of aromatic hydroxyl groups is 1. The summed E-state index contributed by atoms with van der Waals surface area (Å²) in [5.41, 5.74) is 5.55. The lowest BCUT2D eigenvalue weighted by Gasteiger charge is -2.30. The van der Waals surface area contributed by atoms with Crippen molar-refractivity contribution >= 4 is 39.5 Å². The molecule has 0 atom stereocenters. The number of aromatic nitrogens is 2. The van der Waals surface area contributed by atoms with Crippen LogP contribution in [0.4, 0.5) is 10.2 Å². The average molecular weight is 628 g/mol. The SMILES string of the molecule is C/C=C1\C(=NC(C)C)C(c2cc(O)cc3ccc(F)c(CC)c23)=Cc2nc(OCC3(CN(C)C)CC3)nc(N3CCCOCC3)c21. The third kappa shape index (κ3) is 6.40. The van der Waals surface area contributed by atoms with E-state index < -0.39 is 0 Å². The lowest BCUT2D eigenvalue weighted by atomic mass is 9.82. The summed E-state index contributed by atoms with van der Waals surface area (Å²) in [6, 6.07) is 6.96. The van der Waals surface area contributed by atoms with Gasteiger partial charge in [-0.2, -0.15) is 9.97 Å². The van der Waals surface area contributed by atoms with Crippen molar-refractivity contribution in [2.24, 2.45) is 10.4 Å². The Kier molecular flexibility index (Phi) is 9.17. The summed E-state index contributed by atoms with van der Waals surface area (Å²) >= 11 is 0. The van der Waals surface area contributed by atoms with E-state index in [1.807, 2.05) is 33.8 Å². The van der Waals surface area contributed by atoms with Gasteiger partial charge in [-0.3, -0.25) is 4.99 Å². The molecule has 2 aliphatic carbocycles. The minimum atomic E-state index is -0.261. The number of phenols is 1. The number of phenolic OH excluding ortho intramolecular Hbond substituents is 1. The van der Waals surface area contributed by atoms with E-state index in [9.17, 15) is 5.11 Å². The van der Waals surface area contributed by atoms with Gasteiger partial charge in [-0.1, -0.05) is 19.1 Å². The quantitative estimate of drug-likeness (QED) is 0.280. The first-order valence-electron chi connectivity index (χ1n) is 16.6. The number of ether oxygens (including phenoxy) is 2. The van der Waals surface area contributed by atoms with Gasteiger partial charge in [0.05, 0.1) is 30.2 Å². The molecule has 0 radical (unpaired) electrons. The highest BCUT2D eigenvalue weighted by molar-refractivity contribution is 6.50. The fraction of sp³-hybridized carbons (Fsp3) is 0.486. The molecule has 2 aromatic carbocycles. The van der Waals surface area contributed by atoms with Crippen molar-refractivity contribution in [1.82, 2.24) is 14.9 Å².